The number of aromatic nitrogens is 3. The Morgan fingerprint density at radius 1 is 1.17 bits per heavy atom. The molecule has 2 aromatic heterocycles. The number of carbonyl (C=O) groups is 1. The maximum absolute atomic E-state index is 13.8. The third-order valence-corrected chi connectivity index (χ3v) is 7.99. The summed E-state index contributed by atoms with van der Waals surface area (Å²) in [5, 5.41) is 12.4. The second kappa shape index (κ2) is 10.3. The van der Waals surface area contributed by atoms with Gasteiger partial charge in [-0.25, -0.2) is 8.78 Å². The largest absolute Gasteiger partial charge is 0.364 e. The maximum atomic E-state index is 13.8. The molecule has 36 heavy (non-hydrogen) atoms. The molecule has 9 heteroatoms. The standard InChI is InChI=1S/C27H35F2N5O2/c1-27(28,29)23-17-36-32-25(23)19-11-14-34(15-12-19)13-10-18-6-8-20(9-7-18)30-26(35)21-4-3-5-24-22(21)16-33(2)31-24/h3-5,16-20H,6-15H2,1-2H3,(H,30,35). The number of alkyl halides is 2. The van der Waals surface area contributed by atoms with Gasteiger partial charge in [0.05, 0.1) is 22.3 Å². The molecule has 3 aromatic rings. The van der Waals surface area contributed by atoms with E-state index < -0.39 is 5.92 Å². The first-order chi connectivity index (χ1) is 17.3. The summed E-state index contributed by atoms with van der Waals surface area (Å²) in [6.45, 7) is 3.74. The van der Waals surface area contributed by atoms with Crippen molar-refractivity contribution in [3.05, 3.63) is 47.5 Å². The highest BCUT2D eigenvalue weighted by Gasteiger charge is 2.35. The number of carbonyl (C=O) groups excluding carboxylic acids is 1. The van der Waals surface area contributed by atoms with E-state index in [9.17, 15) is 13.6 Å². The van der Waals surface area contributed by atoms with Gasteiger partial charge >= 0.3 is 0 Å². The first-order valence-electron chi connectivity index (χ1n) is 13.1. The first-order valence-corrected chi connectivity index (χ1v) is 13.1. The highest BCUT2D eigenvalue weighted by atomic mass is 19.3. The van der Waals surface area contributed by atoms with Gasteiger partial charge < -0.3 is 14.7 Å². The lowest BCUT2D eigenvalue weighted by atomic mass is 9.83. The molecule has 0 atom stereocenters. The van der Waals surface area contributed by atoms with Gasteiger partial charge in [0, 0.05) is 37.5 Å². The van der Waals surface area contributed by atoms with E-state index in [4.69, 9.17) is 4.52 Å². The molecule has 1 aliphatic carbocycles. The number of likely N-dealkylation sites (tertiary alicyclic amines) is 1. The van der Waals surface area contributed by atoms with Crippen LogP contribution in [0.3, 0.4) is 0 Å². The molecule has 1 amide bonds. The van der Waals surface area contributed by atoms with E-state index in [0.717, 1.165) is 88.7 Å². The minimum atomic E-state index is -2.92. The molecular weight excluding hydrogens is 464 g/mol. The fourth-order valence-electron chi connectivity index (χ4n) is 5.88. The predicted octanol–water partition coefficient (Wildman–Crippen LogP) is 5.23. The SMILES string of the molecule is Cn1cc2c(C(=O)NC3CCC(CCN4CCC(c5nocc5C(C)(F)F)CC4)CC3)cccc2n1. The Hall–Kier alpha value is -2.81. The average Bonchev–Trinajstić information content (AvgIpc) is 3.50. The quantitative estimate of drug-likeness (QED) is 0.482. The van der Waals surface area contributed by atoms with Crippen molar-refractivity contribution in [1.29, 1.82) is 0 Å². The maximum Gasteiger partial charge on any atom is 0.275 e. The van der Waals surface area contributed by atoms with Crippen molar-refractivity contribution in [3.63, 3.8) is 0 Å². The number of halogens is 2. The highest BCUT2D eigenvalue weighted by Crippen LogP contribution is 2.37. The Labute approximate surface area is 210 Å². The lowest BCUT2D eigenvalue weighted by Crippen LogP contribution is -2.39. The molecular formula is C27H35F2N5O2. The number of fused-ring (bicyclic) bond motifs is 1. The molecule has 1 aliphatic heterocycles. The molecule has 2 fully saturated rings. The summed E-state index contributed by atoms with van der Waals surface area (Å²) in [6, 6.07) is 5.89. The molecule has 0 unspecified atom stereocenters. The van der Waals surface area contributed by atoms with Gasteiger partial charge in [0.25, 0.3) is 11.8 Å². The highest BCUT2D eigenvalue weighted by molar-refractivity contribution is 6.06. The Bertz CT molecular complexity index is 1180. The lowest BCUT2D eigenvalue weighted by molar-refractivity contribution is 0.0153. The van der Waals surface area contributed by atoms with Gasteiger partial charge in [-0.1, -0.05) is 11.2 Å². The third-order valence-electron chi connectivity index (χ3n) is 7.99. The van der Waals surface area contributed by atoms with Crippen LogP contribution in [0.5, 0.6) is 0 Å². The Kier molecular flexibility index (Phi) is 7.10. The Morgan fingerprint density at radius 2 is 1.92 bits per heavy atom. The first kappa shape index (κ1) is 24.9. The third kappa shape index (κ3) is 5.45. The van der Waals surface area contributed by atoms with Crippen LogP contribution < -0.4 is 5.32 Å². The zero-order valence-corrected chi connectivity index (χ0v) is 21.1. The minimum Gasteiger partial charge on any atom is -0.364 e. The monoisotopic (exact) mass is 499 g/mol. The number of hydrogen-bond acceptors (Lipinski definition) is 5. The van der Waals surface area contributed by atoms with Crippen LogP contribution in [0.1, 0.15) is 79.4 Å². The number of piperidine rings is 1. The van der Waals surface area contributed by atoms with Crippen LogP contribution >= 0.6 is 0 Å². The minimum absolute atomic E-state index is 0.0176. The van der Waals surface area contributed by atoms with Crippen LogP contribution in [0.4, 0.5) is 8.78 Å². The van der Waals surface area contributed by atoms with E-state index in [2.05, 4.69) is 20.5 Å². The molecule has 0 spiro atoms. The van der Waals surface area contributed by atoms with Gasteiger partial charge in [-0.3, -0.25) is 9.48 Å². The number of hydrogen-bond donors (Lipinski definition) is 1. The van der Waals surface area contributed by atoms with Crippen molar-refractivity contribution in [2.24, 2.45) is 13.0 Å². The van der Waals surface area contributed by atoms with Crippen LogP contribution in [0.2, 0.25) is 0 Å². The van der Waals surface area contributed by atoms with Crippen LogP contribution in [0.15, 0.2) is 35.2 Å². The van der Waals surface area contributed by atoms with Crippen LogP contribution in [0.25, 0.3) is 10.9 Å². The summed E-state index contributed by atoms with van der Waals surface area (Å²) in [6.07, 6.45) is 10.0. The van der Waals surface area contributed by atoms with Crippen LogP contribution in [-0.2, 0) is 13.0 Å². The van der Waals surface area contributed by atoms with Crippen molar-refractivity contribution in [2.45, 2.75) is 69.8 Å². The molecule has 1 aromatic carbocycles. The summed E-state index contributed by atoms with van der Waals surface area (Å²) < 4.78 is 34.3. The van der Waals surface area contributed by atoms with Gasteiger partial charge in [-0.15, -0.1) is 0 Å². The molecule has 0 bridgehead atoms. The summed E-state index contributed by atoms with van der Waals surface area (Å²) in [7, 11) is 1.87. The van der Waals surface area contributed by atoms with E-state index in [1.807, 2.05) is 31.4 Å². The Balaban J connectivity index is 1.05. The summed E-state index contributed by atoms with van der Waals surface area (Å²) >= 11 is 0. The van der Waals surface area contributed by atoms with E-state index >= 15 is 0 Å². The molecule has 2 aliphatic rings. The second-order valence-electron chi connectivity index (χ2n) is 10.6. The van der Waals surface area contributed by atoms with Gasteiger partial charge in [-0.05, 0) is 82.6 Å². The predicted molar refractivity (Wildman–Crippen MR) is 133 cm³/mol. The number of nitrogens with one attached hydrogen (secondary N) is 1. The molecule has 0 radical (unpaired) electrons. The normalized spacial score (nSPS) is 22.2. The molecule has 1 saturated carbocycles. The average molecular weight is 500 g/mol. The lowest BCUT2D eigenvalue weighted by Gasteiger charge is -2.34. The zero-order chi connectivity index (χ0) is 25.3. The summed E-state index contributed by atoms with van der Waals surface area (Å²) in [4.78, 5) is 15.4. The van der Waals surface area contributed by atoms with E-state index in [1.165, 1.54) is 0 Å². The Morgan fingerprint density at radius 3 is 2.64 bits per heavy atom. The van der Waals surface area contributed by atoms with E-state index in [1.54, 1.807) is 4.68 Å². The molecule has 1 saturated heterocycles. The summed E-state index contributed by atoms with van der Waals surface area (Å²) in [5.74, 6) is -2.23. The number of benzene rings is 1. The van der Waals surface area contributed by atoms with Crippen molar-refractivity contribution in [2.75, 3.05) is 19.6 Å². The van der Waals surface area contributed by atoms with Gasteiger partial charge in [-0.2, -0.15) is 5.10 Å². The van der Waals surface area contributed by atoms with Gasteiger partial charge in [0.1, 0.15) is 6.26 Å². The van der Waals surface area contributed by atoms with Crippen molar-refractivity contribution >= 4 is 16.8 Å². The second-order valence-corrected chi connectivity index (χ2v) is 10.6. The molecule has 5 rings (SSSR count). The number of rotatable bonds is 7. The zero-order valence-electron chi connectivity index (χ0n) is 21.1. The van der Waals surface area contributed by atoms with Crippen molar-refractivity contribution < 1.29 is 18.1 Å². The molecule has 3 heterocycles. The van der Waals surface area contributed by atoms with Crippen LogP contribution in [0, 0.1) is 5.92 Å². The van der Waals surface area contributed by atoms with Gasteiger partial charge in [0.15, 0.2) is 0 Å². The van der Waals surface area contributed by atoms with Crippen molar-refractivity contribution in [3.8, 4) is 0 Å². The smallest absolute Gasteiger partial charge is 0.275 e. The van der Waals surface area contributed by atoms with E-state index in [0.29, 0.717) is 17.2 Å². The fraction of sp³-hybridized carbons (Fsp3) is 0.593. The van der Waals surface area contributed by atoms with Crippen LogP contribution in [-0.4, -0.2) is 51.4 Å². The number of aryl methyl sites for hydroxylation is 1. The van der Waals surface area contributed by atoms with Gasteiger partial charge in [0.2, 0.25) is 0 Å². The molecule has 7 nitrogen and oxygen atoms in total. The topological polar surface area (TPSA) is 76.2 Å². The number of nitrogens with zero attached hydrogens (tertiary/aromatic N) is 4. The molecule has 1 N–H and O–H groups in total. The fourth-order valence-corrected chi connectivity index (χ4v) is 5.88. The summed E-state index contributed by atoms with van der Waals surface area (Å²) in [5.41, 5.74) is 1.89. The van der Waals surface area contributed by atoms with Crippen molar-refractivity contribution in [1.82, 2.24) is 25.2 Å². The number of amides is 1. The molecule has 194 valence electrons. The van der Waals surface area contributed by atoms with E-state index in [-0.39, 0.29) is 23.4 Å².